The summed E-state index contributed by atoms with van der Waals surface area (Å²) in [6, 6.07) is 7.69. The molecule has 0 unspecified atom stereocenters. The van der Waals surface area contributed by atoms with Crippen LogP contribution in [0.3, 0.4) is 0 Å². The molecule has 1 rings (SSSR count). The number of benzene rings is 1. The van der Waals surface area contributed by atoms with Gasteiger partial charge < -0.3 is 5.32 Å². The van der Waals surface area contributed by atoms with Crippen molar-refractivity contribution in [1.82, 2.24) is 5.32 Å². The first kappa shape index (κ1) is 14.5. The molecule has 2 nitrogen and oxygen atoms in total. The van der Waals surface area contributed by atoms with Crippen LogP contribution in [0, 0.1) is 3.57 Å². The minimum absolute atomic E-state index is 0.0362. The summed E-state index contributed by atoms with van der Waals surface area (Å²) >= 11 is 2.22. The van der Waals surface area contributed by atoms with E-state index in [1.807, 2.05) is 24.3 Å². The van der Waals surface area contributed by atoms with Crippen LogP contribution in [-0.2, 0) is 0 Å². The van der Waals surface area contributed by atoms with E-state index in [1.165, 1.54) is 0 Å². The smallest absolute Gasteiger partial charge is 0.251 e. The Morgan fingerprint density at radius 3 is 2.29 bits per heavy atom. The van der Waals surface area contributed by atoms with Crippen LogP contribution in [0.5, 0.6) is 0 Å². The fourth-order valence-electron chi connectivity index (χ4n) is 1.96. The van der Waals surface area contributed by atoms with E-state index in [2.05, 4.69) is 48.7 Å². The minimum atomic E-state index is -0.0572. The SMILES string of the molecule is CCC(CC)(CC)NC(=O)c1cccc(I)c1. The predicted molar refractivity (Wildman–Crippen MR) is 80.2 cm³/mol. The molecule has 1 amide bonds. The highest BCUT2D eigenvalue weighted by Gasteiger charge is 2.26. The van der Waals surface area contributed by atoms with Crippen molar-refractivity contribution in [3.8, 4) is 0 Å². The van der Waals surface area contributed by atoms with Crippen molar-refractivity contribution in [1.29, 1.82) is 0 Å². The third kappa shape index (κ3) is 3.69. The van der Waals surface area contributed by atoms with Crippen LogP contribution in [0.1, 0.15) is 50.4 Å². The normalized spacial score (nSPS) is 11.3. The van der Waals surface area contributed by atoms with E-state index >= 15 is 0 Å². The topological polar surface area (TPSA) is 29.1 Å². The second-order valence-corrected chi connectivity index (χ2v) is 5.55. The molecule has 17 heavy (non-hydrogen) atoms. The van der Waals surface area contributed by atoms with Crippen LogP contribution in [0.25, 0.3) is 0 Å². The maximum absolute atomic E-state index is 12.2. The summed E-state index contributed by atoms with van der Waals surface area (Å²) in [5.74, 6) is 0.0362. The van der Waals surface area contributed by atoms with Crippen LogP contribution in [0.15, 0.2) is 24.3 Å². The monoisotopic (exact) mass is 345 g/mol. The first-order valence-corrected chi connectivity index (χ1v) is 7.23. The van der Waals surface area contributed by atoms with Gasteiger partial charge in [0.25, 0.3) is 5.91 Å². The summed E-state index contributed by atoms with van der Waals surface area (Å²) in [6.07, 6.45) is 2.90. The molecule has 1 aromatic rings. The van der Waals surface area contributed by atoms with Gasteiger partial charge in [-0.05, 0) is 60.1 Å². The van der Waals surface area contributed by atoms with Gasteiger partial charge in [0, 0.05) is 14.7 Å². The van der Waals surface area contributed by atoms with Crippen LogP contribution in [-0.4, -0.2) is 11.4 Å². The Morgan fingerprint density at radius 1 is 1.24 bits per heavy atom. The number of nitrogens with one attached hydrogen (secondary N) is 1. The van der Waals surface area contributed by atoms with Crippen molar-refractivity contribution in [3.63, 3.8) is 0 Å². The Labute approximate surface area is 117 Å². The van der Waals surface area contributed by atoms with Crippen molar-refractivity contribution in [3.05, 3.63) is 33.4 Å². The molecule has 0 radical (unpaired) electrons. The zero-order valence-electron chi connectivity index (χ0n) is 10.7. The van der Waals surface area contributed by atoms with Crippen LogP contribution in [0.4, 0.5) is 0 Å². The summed E-state index contributed by atoms with van der Waals surface area (Å²) in [4.78, 5) is 12.2. The molecule has 1 N–H and O–H groups in total. The molecule has 3 heteroatoms. The number of amides is 1. The minimum Gasteiger partial charge on any atom is -0.347 e. The number of hydrogen-bond acceptors (Lipinski definition) is 1. The number of halogens is 1. The Balaban J connectivity index is 2.84. The number of hydrogen-bond donors (Lipinski definition) is 1. The van der Waals surface area contributed by atoms with Gasteiger partial charge in [0.1, 0.15) is 0 Å². The fourth-order valence-corrected chi connectivity index (χ4v) is 2.50. The Morgan fingerprint density at radius 2 is 1.82 bits per heavy atom. The van der Waals surface area contributed by atoms with E-state index in [-0.39, 0.29) is 11.4 Å². The van der Waals surface area contributed by atoms with E-state index in [0.29, 0.717) is 0 Å². The van der Waals surface area contributed by atoms with Crippen LogP contribution >= 0.6 is 22.6 Å². The Kier molecular flexibility index (Phi) is 5.43. The first-order valence-electron chi connectivity index (χ1n) is 6.15. The van der Waals surface area contributed by atoms with E-state index in [0.717, 1.165) is 28.4 Å². The highest BCUT2D eigenvalue weighted by Crippen LogP contribution is 2.20. The molecular formula is C14H20INO. The molecule has 0 atom stereocenters. The number of rotatable bonds is 5. The lowest BCUT2D eigenvalue weighted by molar-refractivity contribution is 0.0888. The lowest BCUT2D eigenvalue weighted by Crippen LogP contribution is -2.47. The van der Waals surface area contributed by atoms with Crippen molar-refractivity contribution in [2.24, 2.45) is 0 Å². The lowest BCUT2D eigenvalue weighted by atomic mass is 9.89. The van der Waals surface area contributed by atoms with E-state index in [4.69, 9.17) is 0 Å². The second-order valence-electron chi connectivity index (χ2n) is 4.31. The summed E-state index contributed by atoms with van der Waals surface area (Å²) in [5, 5.41) is 3.18. The molecule has 0 aliphatic carbocycles. The number of carbonyl (C=O) groups excluding carboxylic acids is 1. The average Bonchev–Trinajstić information content (AvgIpc) is 2.36. The molecule has 0 aromatic heterocycles. The quantitative estimate of drug-likeness (QED) is 0.804. The predicted octanol–water partition coefficient (Wildman–Crippen LogP) is 3.99. The van der Waals surface area contributed by atoms with Crippen LogP contribution in [0.2, 0.25) is 0 Å². The van der Waals surface area contributed by atoms with Gasteiger partial charge >= 0.3 is 0 Å². The highest BCUT2D eigenvalue weighted by atomic mass is 127. The van der Waals surface area contributed by atoms with Crippen LogP contribution < -0.4 is 5.32 Å². The molecule has 0 fully saturated rings. The summed E-state index contributed by atoms with van der Waals surface area (Å²) in [7, 11) is 0. The lowest BCUT2D eigenvalue weighted by Gasteiger charge is -2.31. The zero-order chi connectivity index (χ0) is 12.9. The van der Waals surface area contributed by atoms with E-state index in [9.17, 15) is 4.79 Å². The molecule has 0 spiro atoms. The second kappa shape index (κ2) is 6.38. The molecule has 0 aliphatic rings. The Bertz CT molecular complexity index is 377. The highest BCUT2D eigenvalue weighted by molar-refractivity contribution is 14.1. The third-order valence-electron chi connectivity index (χ3n) is 3.50. The van der Waals surface area contributed by atoms with Crippen molar-refractivity contribution < 1.29 is 4.79 Å². The molecule has 0 saturated heterocycles. The molecule has 0 heterocycles. The molecule has 0 bridgehead atoms. The van der Waals surface area contributed by atoms with Gasteiger partial charge in [0.15, 0.2) is 0 Å². The molecule has 1 aromatic carbocycles. The summed E-state index contributed by atoms with van der Waals surface area (Å²) in [5.41, 5.74) is 0.690. The maximum Gasteiger partial charge on any atom is 0.251 e. The maximum atomic E-state index is 12.2. The van der Waals surface area contributed by atoms with Crippen molar-refractivity contribution in [2.45, 2.75) is 45.6 Å². The van der Waals surface area contributed by atoms with Gasteiger partial charge in [-0.1, -0.05) is 26.8 Å². The fraction of sp³-hybridized carbons (Fsp3) is 0.500. The van der Waals surface area contributed by atoms with E-state index in [1.54, 1.807) is 0 Å². The Hall–Kier alpha value is -0.580. The summed E-state index contributed by atoms with van der Waals surface area (Å²) < 4.78 is 1.09. The third-order valence-corrected chi connectivity index (χ3v) is 4.17. The molecule has 94 valence electrons. The molecule has 0 aliphatic heterocycles. The zero-order valence-corrected chi connectivity index (χ0v) is 12.9. The van der Waals surface area contributed by atoms with Gasteiger partial charge in [0.2, 0.25) is 0 Å². The summed E-state index contributed by atoms with van der Waals surface area (Å²) in [6.45, 7) is 6.38. The largest absolute Gasteiger partial charge is 0.347 e. The number of carbonyl (C=O) groups is 1. The van der Waals surface area contributed by atoms with Gasteiger partial charge in [-0.25, -0.2) is 0 Å². The van der Waals surface area contributed by atoms with Crippen molar-refractivity contribution in [2.75, 3.05) is 0 Å². The van der Waals surface area contributed by atoms with Gasteiger partial charge in [-0.2, -0.15) is 0 Å². The molecular weight excluding hydrogens is 325 g/mol. The van der Waals surface area contributed by atoms with Gasteiger partial charge in [-0.15, -0.1) is 0 Å². The van der Waals surface area contributed by atoms with Crippen molar-refractivity contribution >= 4 is 28.5 Å². The van der Waals surface area contributed by atoms with E-state index < -0.39 is 0 Å². The average molecular weight is 345 g/mol. The van der Waals surface area contributed by atoms with Gasteiger partial charge in [0.05, 0.1) is 0 Å². The molecule has 0 saturated carbocycles. The first-order chi connectivity index (χ1) is 8.06. The standard InChI is InChI=1S/C14H20INO/c1-4-14(5-2,6-3)16-13(17)11-8-7-9-12(15)10-11/h7-10H,4-6H2,1-3H3,(H,16,17). The van der Waals surface area contributed by atoms with Gasteiger partial charge in [-0.3, -0.25) is 4.79 Å².